The van der Waals surface area contributed by atoms with Crippen LogP contribution in [0.3, 0.4) is 0 Å². The molecule has 0 N–H and O–H groups in total. The zero-order valence-electron chi connectivity index (χ0n) is 13.8. The van der Waals surface area contributed by atoms with Crippen molar-refractivity contribution in [2.24, 2.45) is 0 Å². The van der Waals surface area contributed by atoms with Gasteiger partial charge in [-0.25, -0.2) is 4.39 Å². The van der Waals surface area contributed by atoms with Gasteiger partial charge in [0.05, 0.1) is 23.9 Å². The van der Waals surface area contributed by atoms with E-state index in [0.29, 0.717) is 24.1 Å². The van der Waals surface area contributed by atoms with E-state index in [1.54, 1.807) is 24.0 Å². The number of halogens is 1. The predicted molar refractivity (Wildman–Crippen MR) is 85.5 cm³/mol. The maximum Gasteiger partial charge on any atom is 0.525 e. The van der Waals surface area contributed by atoms with Gasteiger partial charge in [-0.15, -0.1) is 12.3 Å². The fourth-order valence-corrected chi connectivity index (χ4v) is 2.12. The SMILES string of the molecule is C#CCCn1cc(C(C)=C(F)B2OC(C)(C)C(C)(C)O2)cn1. The van der Waals surface area contributed by atoms with Crippen molar-refractivity contribution >= 4 is 12.7 Å². The lowest BCUT2D eigenvalue weighted by atomic mass is 9.84. The predicted octanol–water partition coefficient (Wildman–Crippen LogP) is 3.24. The maximum absolute atomic E-state index is 14.7. The Morgan fingerprint density at radius 1 is 1.36 bits per heavy atom. The summed E-state index contributed by atoms with van der Waals surface area (Å²) in [7, 11) is -0.987. The van der Waals surface area contributed by atoms with E-state index in [-0.39, 0.29) is 0 Å². The van der Waals surface area contributed by atoms with Crippen LogP contribution in [0.15, 0.2) is 18.1 Å². The Labute approximate surface area is 131 Å². The molecule has 0 aromatic carbocycles. The number of allylic oxidation sites excluding steroid dienone is 1. The normalized spacial score (nSPS) is 20.7. The first-order chi connectivity index (χ1) is 10.2. The van der Waals surface area contributed by atoms with Crippen LogP contribution in [0, 0.1) is 12.3 Å². The number of nitrogens with zero attached hydrogens (tertiary/aromatic N) is 2. The molecule has 2 rings (SSSR count). The Balaban J connectivity index is 2.20. The highest BCUT2D eigenvalue weighted by molar-refractivity contribution is 6.55. The van der Waals surface area contributed by atoms with Crippen LogP contribution in [0.25, 0.3) is 5.57 Å². The lowest BCUT2D eigenvalue weighted by Crippen LogP contribution is -2.41. The minimum Gasteiger partial charge on any atom is -0.398 e. The van der Waals surface area contributed by atoms with E-state index in [1.165, 1.54) is 0 Å². The van der Waals surface area contributed by atoms with Crippen molar-refractivity contribution < 1.29 is 13.7 Å². The molecule has 0 radical (unpaired) electrons. The van der Waals surface area contributed by atoms with Crippen molar-refractivity contribution in [3.05, 3.63) is 23.7 Å². The van der Waals surface area contributed by atoms with E-state index >= 15 is 0 Å². The van der Waals surface area contributed by atoms with Crippen LogP contribution in [-0.2, 0) is 15.9 Å². The van der Waals surface area contributed by atoms with Crippen LogP contribution >= 0.6 is 0 Å². The van der Waals surface area contributed by atoms with Crippen LogP contribution < -0.4 is 0 Å². The second-order valence-electron chi connectivity index (χ2n) is 6.51. The number of hydrogen-bond acceptors (Lipinski definition) is 3. The minimum atomic E-state index is -0.987. The summed E-state index contributed by atoms with van der Waals surface area (Å²) in [6.07, 6.45) is 9.22. The number of aryl methyl sites for hydroxylation is 1. The monoisotopic (exact) mass is 304 g/mol. The summed E-state index contributed by atoms with van der Waals surface area (Å²) >= 11 is 0. The molecule has 0 saturated carbocycles. The van der Waals surface area contributed by atoms with Gasteiger partial charge in [-0.05, 0) is 40.2 Å². The van der Waals surface area contributed by atoms with E-state index in [1.807, 2.05) is 27.7 Å². The van der Waals surface area contributed by atoms with Gasteiger partial charge in [-0.3, -0.25) is 4.68 Å². The molecule has 0 aliphatic carbocycles. The third-order valence-corrected chi connectivity index (χ3v) is 4.37. The molecule has 22 heavy (non-hydrogen) atoms. The quantitative estimate of drug-likeness (QED) is 0.633. The molecule has 118 valence electrons. The minimum absolute atomic E-state index is 0.421. The molecule has 2 heterocycles. The van der Waals surface area contributed by atoms with Crippen LogP contribution in [-0.4, -0.2) is 28.1 Å². The molecular formula is C16H22BFN2O2. The van der Waals surface area contributed by atoms with Crippen molar-refractivity contribution in [3.63, 3.8) is 0 Å². The molecule has 1 aromatic rings. The van der Waals surface area contributed by atoms with Gasteiger partial charge in [-0.2, -0.15) is 5.10 Å². The maximum atomic E-state index is 14.7. The van der Waals surface area contributed by atoms with E-state index < -0.39 is 24.0 Å². The number of rotatable bonds is 4. The average Bonchev–Trinajstić information content (AvgIpc) is 2.98. The van der Waals surface area contributed by atoms with E-state index in [0.717, 1.165) is 0 Å². The second kappa shape index (κ2) is 5.90. The average molecular weight is 304 g/mol. The summed E-state index contributed by atoms with van der Waals surface area (Å²) in [5.41, 5.74) is -0.386. The molecule has 4 nitrogen and oxygen atoms in total. The van der Waals surface area contributed by atoms with E-state index in [4.69, 9.17) is 15.7 Å². The molecule has 1 aromatic heterocycles. The molecule has 1 aliphatic heterocycles. The highest BCUT2D eigenvalue weighted by Crippen LogP contribution is 2.40. The smallest absolute Gasteiger partial charge is 0.398 e. The molecule has 0 bridgehead atoms. The zero-order valence-corrected chi connectivity index (χ0v) is 13.8. The van der Waals surface area contributed by atoms with Gasteiger partial charge >= 0.3 is 7.12 Å². The molecule has 0 unspecified atom stereocenters. The van der Waals surface area contributed by atoms with Gasteiger partial charge < -0.3 is 9.31 Å². The number of hydrogen-bond donors (Lipinski definition) is 0. The van der Waals surface area contributed by atoms with Gasteiger partial charge in [0.2, 0.25) is 0 Å². The Morgan fingerprint density at radius 3 is 2.50 bits per heavy atom. The fourth-order valence-electron chi connectivity index (χ4n) is 2.12. The van der Waals surface area contributed by atoms with Gasteiger partial charge in [-0.1, -0.05) is 0 Å². The topological polar surface area (TPSA) is 36.3 Å². The highest BCUT2D eigenvalue weighted by Gasteiger charge is 2.53. The molecule has 0 amide bonds. The van der Waals surface area contributed by atoms with Crippen LogP contribution in [0.5, 0.6) is 0 Å². The third-order valence-electron chi connectivity index (χ3n) is 4.37. The van der Waals surface area contributed by atoms with Crippen molar-refractivity contribution in [1.82, 2.24) is 9.78 Å². The van der Waals surface area contributed by atoms with Crippen molar-refractivity contribution in [3.8, 4) is 12.3 Å². The number of terminal acetylenes is 1. The summed E-state index contributed by atoms with van der Waals surface area (Å²) < 4.78 is 27.9. The van der Waals surface area contributed by atoms with Crippen LogP contribution in [0.1, 0.15) is 46.6 Å². The van der Waals surface area contributed by atoms with E-state index in [2.05, 4.69) is 11.0 Å². The molecule has 0 spiro atoms. The first-order valence-corrected chi connectivity index (χ1v) is 7.36. The molecule has 1 fully saturated rings. The molecule has 1 saturated heterocycles. The lowest BCUT2D eigenvalue weighted by Gasteiger charge is -2.32. The first-order valence-electron chi connectivity index (χ1n) is 7.36. The Bertz CT molecular complexity index is 612. The van der Waals surface area contributed by atoms with Gasteiger partial charge in [0.25, 0.3) is 0 Å². The zero-order chi connectivity index (χ0) is 16.5. The van der Waals surface area contributed by atoms with Crippen LogP contribution in [0.4, 0.5) is 4.39 Å². The summed E-state index contributed by atoms with van der Waals surface area (Å²) in [6, 6.07) is 0. The summed E-state index contributed by atoms with van der Waals surface area (Å²) in [6.45, 7) is 9.90. The summed E-state index contributed by atoms with van der Waals surface area (Å²) in [4.78, 5) is 0. The first kappa shape index (κ1) is 16.8. The third kappa shape index (κ3) is 3.11. The second-order valence-corrected chi connectivity index (χ2v) is 6.51. The highest BCUT2D eigenvalue weighted by atomic mass is 19.1. The Hall–Kier alpha value is -1.58. The Morgan fingerprint density at radius 2 is 1.95 bits per heavy atom. The van der Waals surface area contributed by atoms with Crippen molar-refractivity contribution in [2.75, 3.05) is 0 Å². The lowest BCUT2D eigenvalue weighted by molar-refractivity contribution is 0.00578. The van der Waals surface area contributed by atoms with E-state index in [9.17, 15) is 4.39 Å². The largest absolute Gasteiger partial charge is 0.525 e. The van der Waals surface area contributed by atoms with Gasteiger partial charge in [0, 0.05) is 18.2 Å². The standard InChI is InChI=1S/C16H22BFN2O2/c1-7-8-9-20-11-13(10-19-20)12(2)14(18)17-21-15(3,4)16(5,6)22-17/h1,10-11H,8-9H2,2-6H3. The molecular weight excluding hydrogens is 282 g/mol. The fraction of sp³-hybridized carbons (Fsp3) is 0.562. The summed E-state index contributed by atoms with van der Waals surface area (Å²) in [5, 5.41) is 4.18. The van der Waals surface area contributed by atoms with Crippen LogP contribution in [0.2, 0.25) is 0 Å². The molecule has 0 atom stereocenters. The van der Waals surface area contributed by atoms with Crippen molar-refractivity contribution in [2.45, 2.75) is 58.8 Å². The Kier molecular flexibility index (Phi) is 4.50. The molecule has 1 aliphatic rings. The number of aromatic nitrogens is 2. The molecule has 6 heteroatoms. The van der Waals surface area contributed by atoms with Crippen molar-refractivity contribution in [1.29, 1.82) is 0 Å². The van der Waals surface area contributed by atoms with Gasteiger partial charge in [0.1, 0.15) is 5.73 Å². The van der Waals surface area contributed by atoms with Gasteiger partial charge in [0.15, 0.2) is 0 Å². The summed E-state index contributed by atoms with van der Waals surface area (Å²) in [5.74, 6) is 2.55.